The molecule has 1 aliphatic rings. The van der Waals surface area contributed by atoms with Crippen molar-refractivity contribution in [2.75, 3.05) is 0 Å². The molecule has 1 atom stereocenters. The lowest BCUT2D eigenvalue weighted by atomic mass is 9.94. The lowest BCUT2D eigenvalue weighted by Crippen LogP contribution is -2.38. The van der Waals surface area contributed by atoms with Gasteiger partial charge in [0.2, 0.25) is 0 Å². The number of rotatable bonds is 4. The first-order chi connectivity index (χ1) is 8.25. The average molecular weight is 252 g/mol. The summed E-state index contributed by atoms with van der Waals surface area (Å²) in [6.07, 6.45) is 7.89. The van der Waals surface area contributed by atoms with Crippen molar-refractivity contribution in [2.24, 2.45) is 0 Å². The van der Waals surface area contributed by atoms with Gasteiger partial charge in [0.25, 0.3) is 0 Å². The molecule has 1 saturated carbocycles. The predicted molar refractivity (Wildman–Crippen MR) is 74.6 cm³/mol. The van der Waals surface area contributed by atoms with Gasteiger partial charge in [0.15, 0.2) is 0 Å². The summed E-state index contributed by atoms with van der Waals surface area (Å²) in [6.45, 7) is 2.26. The maximum Gasteiger partial charge on any atom is 0.0438 e. The van der Waals surface area contributed by atoms with Crippen LogP contribution in [0.1, 0.15) is 44.6 Å². The van der Waals surface area contributed by atoms with Crippen LogP contribution in [0.15, 0.2) is 24.3 Å². The van der Waals surface area contributed by atoms with Crippen molar-refractivity contribution in [2.45, 2.75) is 57.5 Å². The van der Waals surface area contributed by atoms with E-state index in [1.165, 1.54) is 37.7 Å². The van der Waals surface area contributed by atoms with E-state index < -0.39 is 0 Å². The van der Waals surface area contributed by atoms with Gasteiger partial charge in [-0.3, -0.25) is 0 Å². The van der Waals surface area contributed by atoms with Gasteiger partial charge in [-0.2, -0.15) is 0 Å². The average Bonchev–Trinajstić information content (AvgIpc) is 2.33. The molecule has 94 valence electrons. The van der Waals surface area contributed by atoms with E-state index in [0.717, 1.165) is 17.5 Å². The minimum Gasteiger partial charge on any atom is -0.311 e. The van der Waals surface area contributed by atoms with E-state index in [0.29, 0.717) is 6.04 Å². The van der Waals surface area contributed by atoms with Crippen LogP contribution >= 0.6 is 11.6 Å². The lowest BCUT2D eigenvalue weighted by molar-refractivity contribution is 0.343. The van der Waals surface area contributed by atoms with E-state index in [1.807, 2.05) is 12.1 Å². The fraction of sp³-hybridized carbons (Fsp3) is 0.600. The molecule has 1 aromatic rings. The molecule has 0 amide bonds. The molecule has 0 bridgehead atoms. The number of benzene rings is 1. The van der Waals surface area contributed by atoms with Crippen molar-refractivity contribution in [3.63, 3.8) is 0 Å². The maximum atomic E-state index is 6.18. The summed E-state index contributed by atoms with van der Waals surface area (Å²) in [7, 11) is 0. The van der Waals surface area contributed by atoms with Crippen LogP contribution in [0, 0.1) is 0 Å². The molecule has 0 aromatic heterocycles. The standard InChI is InChI=1S/C15H22ClN/c1-12(17-14-8-3-2-4-9-14)11-13-7-5-6-10-15(13)16/h5-7,10,12,14,17H,2-4,8-9,11H2,1H3. The lowest BCUT2D eigenvalue weighted by Gasteiger charge is -2.26. The van der Waals surface area contributed by atoms with Gasteiger partial charge in [-0.15, -0.1) is 0 Å². The second-order valence-electron chi connectivity index (χ2n) is 5.20. The Balaban J connectivity index is 1.84. The number of halogens is 1. The molecule has 17 heavy (non-hydrogen) atoms. The van der Waals surface area contributed by atoms with E-state index in [-0.39, 0.29) is 0 Å². The third kappa shape index (κ3) is 4.01. The Bertz CT molecular complexity index is 345. The van der Waals surface area contributed by atoms with Crippen molar-refractivity contribution >= 4 is 11.6 Å². The van der Waals surface area contributed by atoms with Crippen molar-refractivity contribution < 1.29 is 0 Å². The van der Waals surface area contributed by atoms with Crippen molar-refractivity contribution in [1.29, 1.82) is 0 Å². The SMILES string of the molecule is CC(Cc1ccccc1Cl)NC1CCCCC1. The van der Waals surface area contributed by atoms with Gasteiger partial charge in [0, 0.05) is 17.1 Å². The van der Waals surface area contributed by atoms with Gasteiger partial charge < -0.3 is 5.32 Å². The van der Waals surface area contributed by atoms with Crippen LogP contribution in [0.4, 0.5) is 0 Å². The molecule has 2 heteroatoms. The molecule has 0 radical (unpaired) electrons. The van der Waals surface area contributed by atoms with E-state index in [4.69, 9.17) is 11.6 Å². The molecule has 1 unspecified atom stereocenters. The highest BCUT2D eigenvalue weighted by Gasteiger charge is 2.15. The second-order valence-corrected chi connectivity index (χ2v) is 5.61. The van der Waals surface area contributed by atoms with Crippen molar-refractivity contribution in [3.05, 3.63) is 34.9 Å². The number of nitrogens with one attached hydrogen (secondary N) is 1. The largest absolute Gasteiger partial charge is 0.311 e. The van der Waals surface area contributed by atoms with Gasteiger partial charge in [-0.25, -0.2) is 0 Å². The second kappa shape index (κ2) is 6.42. The highest BCUT2D eigenvalue weighted by Crippen LogP contribution is 2.20. The molecule has 1 aliphatic carbocycles. The van der Waals surface area contributed by atoms with Crippen molar-refractivity contribution in [1.82, 2.24) is 5.32 Å². The Morgan fingerprint density at radius 3 is 2.65 bits per heavy atom. The van der Waals surface area contributed by atoms with Gasteiger partial charge in [-0.05, 0) is 37.8 Å². The zero-order valence-corrected chi connectivity index (χ0v) is 11.3. The summed E-state index contributed by atoms with van der Waals surface area (Å²) in [5.74, 6) is 0. The fourth-order valence-corrected chi connectivity index (χ4v) is 2.94. The first-order valence-electron chi connectivity index (χ1n) is 6.75. The molecule has 2 rings (SSSR count). The maximum absolute atomic E-state index is 6.18. The van der Waals surface area contributed by atoms with E-state index in [2.05, 4.69) is 24.4 Å². The molecule has 0 aliphatic heterocycles. The summed E-state index contributed by atoms with van der Waals surface area (Å²) in [5.41, 5.74) is 1.25. The molecule has 1 nitrogen and oxygen atoms in total. The highest BCUT2D eigenvalue weighted by molar-refractivity contribution is 6.31. The van der Waals surface area contributed by atoms with Crippen LogP contribution < -0.4 is 5.32 Å². The molecule has 1 fully saturated rings. The van der Waals surface area contributed by atoms with Gasteiger partial charge in [0.05, 0.1) is 0 Å². The molecular weight excluding hydrogens is 230 g/mol. The van der Waals surface area contributed by atoms with Crippen LogP contribution in [0.2, 0.25) is 5.02 Å². The normalized spacial score (nSPS) is 19.2. The van der Waals surface area contributed by atoms with Crippen LogP contribution in [0.25, 0.3) is 0 Å². The number of hydrogen-bond donors (Lipinski definition) is 1. The van der Waals surface area contributed by atoms with E-state index >= 15 is 0 Å². The summed E-state index contributed by atoms with van der Waals surface area (Å²) in [6, 6.07) is 9.39. The van der Waals surface area contributed by atoms with Gasteiger partial charge in [-0.1, -0.05) is 49.1 Å². The molecule has 0 heterocycles. The zero-order chi connectivity index (χ0) is 12.1. The van der Waals surface area contributed by atoms with Gasteiger partial charge in [0.1, 0.15) is 0 Å². The molecule has 1 aromatic carbocycles. The molecule has 0 spiro atoms. The van der Waals surface area contributed by atoms with Crippen LogP contribution in [0.3, 0.4) is 0 Å². The summed E-state index contributed by atoms with van der Waals surface area (Å²) in [5, 5.41) is 4.63. The topological polar surface area (TPSA) is 12.0 Å². The number of hydrogen-bond acceptors (Lipinski definition) is 1. The first kappa shape index (κ1) is 12.9. The summed E-state index contributed by atoms with van der Waals surface area (Å²) in [4.78, 5) is 0. The Morgan fingerprint density at radius 2 is 1.94 bits per heavy atom. The van der Waals surface area contributed by atoms with Crippen LogP contribution in [-0.4, -0.2) is 12.1 Å². The monoisotopic (exact) mass is 251 g/mol. The predicted octanol–water partition coefficient (Wildman–Crippen LogP) is 4.19. The Hall–Kier alpha value is -0.530. The van der Waals surface area contributed by atoms with Crippen LogP contribution in [0.5, 0.6) is 0 Å². The molecule has 0 saturated heterocycles. The van der Waals surface area contributed by atoms with E-state index in [9.17, 15) is 0 Å². The summed E-state index contributed by atoms with van der Waals surface area (Å²) >= 11 is 6.18. The van der Waals surface area contributed by atoms with Gasteiger partial charge >= 0.3 is 0 Å². The third-order valence-electron chi connectivity index (χ3n) is 3.61. The minimum atomic E-state index is 0.512. The fourth-order valence-electron chi connectivity index (χ4n) is 2.72. The smallest absolute Gasteiger partial charge is 0.0438 e. The first-order valence-corrected chi connectivity index (χ1v) is 7.13. The zero-order valence-electron chi connectivity index (χ0n) is 10.6. The Kier molecular flexibility index (Phi) is 4.87. The summed E-state index contributed by atoms with van der Waals surface area (Å²) < 4.78 is 0. The third-order valence-corrected chi connectivity index (χ3v) is 3.98. The van der Waals surface area contributed by atoms with Crippen molar-refractivity contribution in [3.8, 4) is 0 Å². The van der Waals surface area contributed by atoms with E-state index in [1.54, 1.807) is 0 Å². The molecular formula is C15H22ClN. The Morgan fingerprint density at radius 1 is 1.24 bits per heavy atom. The van der Waals surface area contributed by atoms with Crippen LogP contribution in [-0.2, 0) is 6.42 Å². The highest BCUT2D eigenvalue weighted by atomic mass is 35.5. The molecule has 1 N–H and O–H groups in total. The Labute approximate surface area is 110 Å². The minimum absolute atomic E-state index is 0.512. The quantitative estimate of drug-likeness (QED) is 0.846.